The van der Waals surface area contributed by atoms with Gasteiger partial charge in [-0.1, -0.05) is 13.3 Å². The van der Waals surface area contributed by atoms with Gasteiger partial charge in [0.1, 0.15) is 0 Å². The second-order valence-corrected chi connectivity index (χ2v) is 4.47. The third kappa shape index (κ3) is 2.55. The van der Waals surface area contributed by atoms with Crippen LogP contribution in [0.1, 0.15) is 25.5 Å². The summed E-state index contributed by atoms with van der Waals surface area (Å²) in [5, 5.41) is 3.38. The van der Waals surface area contributed by atoms with Crippen molar-refractivity contribution in [2.75, 3.05) is 31.1 Å². The number of imidazole rings is 1. The molecule has 2 heterocycles. The first kappa shape index (κ1) is 11.5. The maximum atomic E-state index is 4.65. The lowest BCUT2D eigenvalue weighted by Gasteiger charge is -2.28. The molecule has 1 N–H and O–H groups in total. The smallest absolute Gasteiger partial charge is 0.205 e. The van der Waals surface area contributed by atoms with Gasteiger partial charge in [-0.25, -0.2) is 4.98 Å². The van der Waals surface area contributed by atoms with Crippen LogP contribution in [0.2, 0.25) is 0 Å². The molecule has 1 saturated heterocycles. The highest BCUT2D eigenvalue weighted by molar-refractivity contribution is 5.34. The van der Waals surface area contributed by atoms with E-state index in [1.165, 1.54) is 12.8 Å². The molecule has 0 saturated carbocycles. The number of anilines is 1. The Hall–Kier alpha value is -1.03. The SMILES string of the molecule is CCCCn1cc(C)nc1N1CCNCC1. The van der Waals surface area contributed by atoms with Gasteiger partial charge < -0.3 is 14.8 Å². The van der Waals surface area contributed by atoms with Crippen LogP contribution in [0.15, 0.2) is 6.20 Å². The van der Waals surface area contributed by atoms with E-state index in [1.54, 1.807) is 0 Å². The summed E-state index contributed by atoms with van der Waals surface area (Å²) in [4.78, 5) is 7.04. The molecule has 0 unspecified atom stereocenters. The van der Waals surface area contributed by atoms with Crippen molar-refractivity contribution in [1.82, 2.24) is 14.9 Å². The van der Waals surface area contributed by atoms with E-state index < -0.39 is 0 Å². The van der Waals surface area contributed by atoms with Crippen molar-refractivity contribution in [3.05, 3.63) is 11.9 Å². The maximum Gasteiger partial charge on any atom is 0.205 e. The molecule has 0 spiro atoms. The minimum atomic E-state index is 1.07. The van der Waals surface area contributed by atoms with Gasteiger partial charge in [0.15, 0.2) is 0 Å². The molecule has 16 heavy (non-hydrogen) atoms. The highest BCUT2D eigenvalue weighted by atomic mass is 15.3. The summed E-state index contributed by atoms with van der Waals surface area (Å²) in [7, 11) is 0. The Bertz CT molecular complexity index is 326. The van der Waals surface area contributed by atoms with Crippen molar-refractivity contribution in [2.45, 2.75) is 33.2 Å². The summed E-state index contributed by atoms with van der Waals surface area (Å²) < 4.78 is 2.31. The molecule has 4 heteroatoms. The van der Waals surface area contributed by atoms with Gasteiger partial charge in [0, 0.05) is 38.9 Å². The van der Waals surface area contributed by atoms with Gasteiger partial charge in [-0.3, -0.25) is 0 Å². The van der Waals surface area contributed by atoms with Gasteiger partial charge in [-0.15, -0.1) is 0 Å². The number of aromatic nitrogens is 2. The van der Waals surface area contributed by atoms with Crippen LogP contribution in [0.25, 0.3) is 0 Å². The van der Waals surface area contributed by atoms with Crippen molar-refractivity contribution >= 4 is 5.95 Å². The Balaban J connectivity index is 2.10. The number of rotatable bonds is 4. The van der Waals surface area contributed by atoms with E-state index in [4.69, 9.17) is 0 Å². The third-order valence-electron chi connectivity index (χ3n) is 3.03. The van der Waals surface area contributed by atoms with Gasteiger partial charge in [0.05, 0.1) is 5.69 Å². The van der Waals surface area contributed by atoms with Gasteiger partial charge in [-0.05, 0) is 13.3 Å². The lowest BCUT2D eigenvalue weighted by Crippen LogP contribution is -2.44. The predicted octanol–water partition coefficient (Wildman–Crippen LogP) is 1.40. The molecule has 0 aromatic carbocycles. The molecule has 4 nitrogen and oxygen atoms in total. The van der Waals surface area contributed by atoms with Crippen LogP contribution in [-0.2, 0) is 6.54 Å². The van der Waals surface area contributed by atoms with Gasteiger partial charge in [-0.2, -0.15) is 0 Å². The Morgan fingerprint density at radius 1 is 1.38 bits per heavy atom. The summed E-state index contributed by atoms with van der Waals surface area (Å²) >= 11 is 0. The molecular weight excluding hydrogens is 200 g/mol. The molecule has 1 aliphatic rings. The molecule has 1 aromatic heterocycles. The summed E-state index contributed by atoms with van der Waals surface area (Å²) in [5.74, 6) is 1.16. The van der Waals surface area contributed by atoms with Crippen molar-refractivity contribution in [1.29, 1.82) is 0 Å². The van der Waals surface area contributed by atoms with Crippen LogP contribution < -0.4 is 10.2 Å². The number of unbranched alkanes of at least 4 members (excludes halogenated alkanes) is 1. The van der Waals surface area contributed by atoms with Crippen LogP contribution in [0.4, 0.5) is 5.95 Å². The molecule has 1 aliphatic heterocycles. The summed E-state index contributed by atoms with van der Waals surface area (Å²) in [5.41, 5.74) is 1.13. The number of piperazine rings is 1. The first-order chi connectivity index (χ1) is 7.81. The first-order valence-corrected chi connectivity index (χ1v) is 6.30. The predicted molar refractivity (Wildman–Crippen MR) is 67.0 cm³/mol. The van der Waals surface area contributed by atoms with Gasteiger partial charge >= 0.3 is 0 Å². The van der Waals surface area contributed by atoms with Crippen LogP contribution in [0, 0.1) is 6.92 Å². The zero-order valence-electron chi connectivity index (χ0n) is 10.4. The fourth-order valence-electron chi connectivity index (χ4n) is 2.14. The summed E-state index contributed by atoms with van der Waals surface area (Å²) in [6.45, 7) is 9.68. The van der Waals surface area contributed by atoms with Crippen LogP contribution in [0.5, 0.6) is 0 Å². The highest BCUT2D eigenvalue weighted by Gasteiger charge is 2.15. The molecule has 1 fully saturated rings. The minimum absolute atomic E-state index is 1.07. The summed E-state index contributed by atoms with van der Waals surface area (Å²) in [6.07, 6.45) is 4.64. The fourth-order valence-corrected chi connectivity index (χ4v) is 2.14. The number of nitrogens with one attached hydrogen (secondary N) is 1. The van der Waals surface area contributed by atoms with E-state index in [9.17, 15) is 0 Å². The number of aryl methyl sites for hydroxylation is 2. The molecule has 2 rings (SSSR count). The number of hydrogen-bond donors (Lipinski definition) is 1. The molecule has 0 aliphatic carbocycles. The lowest BCUT2D eigenvalue weighted by molar-refractivity contribution is 0.555. The Morgan fingerprint density at radius 2 is 2.12 bits per heavy atom. The molecular formula is C12H22N4. The number of hydrogen-bond acceptors (Lipinski definition) is 3. The van der Waals surface area contributed by atoms with Crippen molar-refractivity contribution in [3.63, 3.8) is 0 Å². The van der Waals surface area contributed by atoms with E-state index in [2.05, 4.69) is 39.8 Å². The topological polar surface area (TPSA) is 33.1 Å². The molecule has 0 amide bonds. The second kappa shape index (κ2) is 5.34. The number of nitrogens with zero attached hydrogens (tertiary/aromatic N) is 3. The molecule has 90 valence electrons. The van der Waals surface area contributed by atoms with Crippen molar-refractivity contribution in [2.24, 2.45) is 0 Å². The second-order valence-electron chi connectivity index (χ2n) is 4.47. The third-order valence-corrected chi connectivity index (χ3v) is 3.03. The normalized spacial score (nSPS) is 16.8. The highest BCUT2D eigenvalue weighted by Crippen LogP contribution is 2.15. The Labute approximate surface area is 97.7 Å². The van der Waals surface area contributed by atoms with Crippen molar-refractivity contribution in [3.8, 4) is 0 Å². The molecule has 0 bridgehead atoms. The molecule has 0 atom stereocenters. The van der Waals surface area contributed by atoms with Crippen molar-refractivity contribution < 1.29 is 0 Å². The summed E-state index contributed by atoms with van der Waals surface area (Å²) in [6, 6.07) is 0. The lowest BCUT2D eigenvalue weighted by atomic mass is 10.3. The van der Waals surface area contributed by atoms with Gasteiger partial charge in [0.25, 0.3) is 0 Å². The minimum Gasteiger partial charge on any atom is -0.340 e. The van der Waals surface area contributed by atoms with E-state index >= 15 is 0 Å². The first-order valence-electron chi connectivity index (χ1n) is 6.30. The van der Waals surface area contributed by atoms with Crippen LogP contribution in [0.3, 0.4) is 0 Å². The van der Waals surface area contributed by atoms with E-state index in [1.807, 2.05) is 0 Å². The Morgan fingerprint density at radius 3 is 2.81 bits per heavy atom. The maximum absolute atomic E-state index is 4.65. The van der Waals surface area contributed by atoms with E-state index in [0.29, 0.717) is 0 Å². The standard InChI is InChI=1S/C12H22N4/c1-3-4-7-16-10-11(2)14-12(16)15-8-5-13-6-9-15/h10,13H,3-9H2,1-2H3. The quantitative estimate of drug-likeness (QED) is 0.836. The van der Waals surface area contributed by atoms with Crippen LogP contribution >= 0.6 is 0 Å². The average molecular weight is 222 g/mol. The zero-order valence-corrected chi connectivity index (χ0v) is 10.4. The van der Waals surface area contributed by atoms with Crippen LogP contribution in [-0.4, -0.2) is 35.7 Å². The largest absolute Gasteiger partial charge is 0.340 e. The molecule has 1 aromatic rings. The average Bonchev–Trinajstić information content (AvgIpc) is 2.69. The van der Waals surface area contributed by atoms with E-state index in [0.717, 1.165) is 44.4 Å². The monoisotopic (exact) mass is 222 g/mol. The fraction of sp³-hybridized carbons (Fsp3) is 0.750. The Kier molecular flexibility index (Phi) is 3.83. The van der Waals surface area contributed by atoms with Gasteiger partial charge in [0.2, 0.25) is 5.95 Å². The zero-order chi connectivity index (χ0) is 11.4. The molecule has 0 radical (unpaired) electrons. The van der Waals surface area contributed by atoms with E-state index in [-0.39, 0.29) is 0 Å².